The molecule has 0 fully saturated rings. The second kappa shape index (κ2) is 10.7. The molecule has 1 amide bonds. The molecule has 3 aromatic rings. The van der Waals surface area contributed by atoms with Crippen LogP contribution in [0.15, 0.2) is 64.2 Å². The zero-order chi connectivity index (χ0) is 23.0. The minimum Gasteiger partial charge on any atom is -0.482 e. The van der Waals surface area contributed by atoms with Crippen molar-refractivity contribution in [3.05, 3.63) is 66.1 Å². The zero-order valence-electron chi connectivity index (χ0n) is 19.0. The van der Waals surface area contributed by atoms with Gasteiger partial charge in [-0.05, 0) is 44.5 Å². The van der Waals surface area contributed by atoms with Gasteiger partial charge in [0.15, 0.2) is 12.6 Å². The standard InChI is InChI=1S/C25H29N5O3/c1-3-26-25(28-15-20-16-33-24(29-20)19-11-9-18(2)10-12-19)27-13-6-14-30-21-7-4-5-8-22(21)32-17-23(30)31/h4-5,7-12,16H,3,6,13-15,17H2,1-2H3,(H2,26,27,28). The van der Waals surface area contributed by atoms with Crippen molar-refractivity contribution < 1.29 is 13.9 Å². The number of ether oxygens (including phenoxy) is 1. The molecule has 0 saturated carbocycles. The molecule has 0 unspecified atom stereocenters. The van der Waals surface area contributed by atoms with E-state index in [2.05, 4.69) is 20.6 Å². The SMILES string of the molecule is CCNC(=NCc1coc(-c2ccc(C)cc2)n1)NCCCN1C(=O)COc2ccccc21. The molecule has 1 aromatic heterocycles. The first-order chi connectivity index (χ1) is 16.1. The predicted molar refractivity (Wildman–Crippen MR) is 128 cm³/mol. The fourth-order valence-electron chi connectivity index (χ4n) is 3.55. The predicted octanol–water partition coefficient (Wildman–Crippen LogP) is 3.52. The molecule has 8 heteroatoms. The molecule has 0 bridgehead atoms. The second-order valence-corrected chi connectivity index (χ2v) is 7.79. The number of anilines is 1. The van der Waals surface area contributed by atoms with Crippen molar-refractivity contribution in [2.24, 2.45) is 4.99 Å². The van der Waals surface area contributed by atoms with Gasteiger partial charge >= 0.3 is 0 Å². The molecule has 0 radical (unpaired) electrons. The number of nitrogens with one attached hydrogen (secondary N) is 2. The van der Waals surface area contributed by atoms with Crippen LogP contribution in [0.25, 0.3) is 11.5 Å². The number of aromatic nitrogens is 1. The van der Waals surface area contributed by atoms with Crippen LogP contribution in [-0.2, 0) is 11.3 Å². The highest BCUT2D eigenvalue weighted by Crippen LogP contribution is 2.31. The van der Waals surface area contributed by atoms with E-state index in [-0.39, 0.29) is 12.5 Å². The number of guanidine groups is 1. The Bertz CT molecular complexity index is 1110. The van der Waals surface area contributed by atoms with Crippen LogP contribution in [0.2, 0.25) is 0 Å². The van der Waals surface area contributed by atoms with Crippen LogP contribution in [0.5, 0.6) is 5.75 Å². The van der Waals surface area contributed by atoms with Gasteiger partial charge in [-0.1, -0.05) is 29.8 Å². The average Bonchev–Trinajstić information content (AvgIpc) is 3.31. The molecule has 172 valence electrons. The van der Waals surface area contributed by atoms with E-state index in [4.69, 9.17) is 9.15 Å². The molecule has 2 aromatic carbocycles. The van der Waals surface area contributed by atoms with E-state index in [1.165, 1.54) is 5.56 Å². The monoisotopic (exact) mass is 447 g/mol. The normalized spacial score (nSPS) is 13.5. The Balaban J connectivity index is 1.30. The van der Waals surface area contributed by atoms with Gasteiger partial charge in [-0.2, -0.15) is 0 Å². The van der Waals surface area contributed by atoms with E-state index in [1.54, 1.807) is 11.2 Å². The fraction of sp³-hybridized carbons (Fsp3) is 0.320. The average molecular weight is 448 g/mol. The molecule has 1 aliphatic heterocycles. The van der Waals surface area contributed by atoms with Gasteiger partial charge in [0.2, 0.25) is 5.89 Å². The zero-order valence-corrected chi connectivity index (χ0v) is 19.0. The molecular formula is C25H29N5O3. The summed E-state index contributed by atoms with van der Waals surface area (Å²) in [7, 11) is 0. The number of carbonyl (C=O) groups is 1. The minimum absolute atomic E-state index is 0.0234. The summed E-state index contributed by atoms with van der Waals surface area (Å²) in [5, 5.41) is 6.57. The third-order valence-corrected chi connectivity index (χ3v) is 5.25. The Hall–Kier alpha value is -3.81. The maximum Gasteiger partial charge on any atom is 0.265 e. The smallest absolute Gasteiger partial charge is 0.265 e. The van der Waals surface area contributed by atoms with Gasteiger partial charge in [-0.15, -0.1) is 0 Å². The molecule has 0 atom stereocenters. The summed E-state index contributed by atoms with van der Waals surface area (Å²) < 4.78 is 11.1. The van der Waals surface area contributed by atoms with Crippen molar-refractivity contribution in [1.29, 1.82) is 0 Å². The first-order valence-electron chi connectivity index (χ1n) is 11.2. The lowest BCUT2D eigenvalue weighted by atomic mass is 10.1. The number of fused-ring (bicyclic) bond motifs is 1. The quantitative estimate of drug-likeness (QED) is 0.312. The summed E-state index contributed by atoms with van der Waals surface area (Å²) in [6.07, 6.45) is 2.41. The van der Waals surface area contributed by atoms with Crippen molar-refractivity contribution in [3.8, 4) is 17.2 Å². The molecule has 0 spiro atoms. The summed E-state index contributed by atoms with van der Waals surface area (Å²) in [5.74, 6) is 2.02. The van der Waals surface area contributed by atoms with Crippen molar-refractivity contribution in [3.63, 3.8) is 0 Å². The number of amides is 1. The summed E-state index contributed by atoms with van der Waals surface area (Å²) in [6.45, 7) is 6.57. The van der Waals surface area contributed by atoms with Crippen LogP contribution >= 0.6 is 0 Å². The maximum absolute atomic E-state index is 12.3. The highest BCUT2D eigenvalue weighted by atomic mass is 16.5. The lowest BCUT2D eigenvalue weighted by molar-refractivity contribution is -0.121. The van der Waals surface area contributed by atoms with Gasteiger partial charge in [0.25, 0.3) is 5.91 Å². The van der Waals surface area contributed by atoms with Crippen molar-refractivity contribution in [1.82, 2.24) is 15.6 Å². The number of hydrogen-bond donors (Lipinski definition) is 2. The van der Waals surface area contributed by atoms with Crippen LogP contribution in [-0.4, -0.2) is 43.1 Å². The van der Waals surface area contributed by atoms with Crippen molar-refractivity contribution in [2.75, 3.05) is 31.1 Å². The van der Waals surface area contributed by atoms with Crippen LogP contribution in [0.4, 0.5) is 5.69 Å². The van der Waals surface area contributed by atoms with E-state index in [9.17, 15) is 4.79 Å². The topological polar surface area (TPSA) is 92.0 Å². The van der Waals surface area contributed by atoms with Gasteiger partial charge in [-0.25, -0.2) is 9.98 Å². The summed E-state index contributed by atoms with van der Waals surface area (Å²) >= 11 is 0. The van der Waals surface area contributed by atoms with Gasteiger partial charge in [-0.3, -0.25) is 4.79 Å². The number of rotatable bonds is 8. The van der Waals surface area contributed by atoms with E-state index >= 15 is 0 Å². The fourth-order valence-corrected chi connectivity index (χ4v) is 3.55. The molecule has 1 aliphatic rings. The third kappa shape index (κ3) is 5.71. The third-order valence-electron chi connectivity index (χ3n) is 5.25. The number of aryl methyl sites for hydroxylation is 1. The molecule has 8 nitrogen and oxygen atoms in total. The van der Waals surface area contributed by atoms with Crippen LogP contribution in [0, 0.1) is 6.92 Å². The Morgan fingerprint density at radius 3 is 2.79 bits per heavy atom. The van der Waals surface area contributed by atoms with E-state index in [0.717, 1.165) is 35.7 Å². The number of para-hydroxylation sites is 2. The van der Waals surface area contributed by atoms with E-state index < -0.39 is 0 Å². The number of hydrogen-bond acceptors (Lipinski definition) is 5. The van der Waals surface area contributed by atoms with Gasteiger partial charge < -0.3 is 24.7 Å². The molecule has 4 rings (SSSR count). The Morgan fingerprint density at radius 2 is 1.97 bits per heavy atom. The lowest BCUT2D eigenvalue weighted by Gasteiger charge is -2.29. The van der Waals surface area contributed by atoms with E-state index in [0.29, 0.717) is 31.5 Å². The first kappa shape index (κ1) is 22.4. The molecule has 2 N–H and O–H groups in total. The maximum atomic E-state index is 12.3. The molecular weight excluding hydrogens is 418 g/mol. The van der Waals surface area contributed by atoms with E-state index in [1.807, 2.05) is 62.4 Å². The van der Waals surface area contributed by atoms with Gasteiger partial charge in [0.05, 0.1) is 12.2 Å². The number of carbonyl (C=O) groups excluding carboxylic acids is 1. The van der Waals surface area contributed by atoms with Crippen LogP contribution < -0.4 is 20.3 Å². The van der Waals surface area contributed by atoms with Gasteiger partial charge in [0.1, 0.15) is 17.7 Å². The first-order valence-corrected chi connectivity index (χ1v) is 11.2. The molecule has 33 heavy (non-hydrogen) atoms. The summed E-state index contributed by atoms with van der Waals surface area (Å²) in [5.41, 5.74) is 3.72. The molecule has 0 aliphatic carbocycles. The molecule has 2 heterocycles. The second-order valence-electron chi connectivity index (χ2n) is 7.79. The van der Waals surface area contributed by atoms with Crippen LogP contribution in [0.3, 0.4) is 0 Å². The largest absolute Gasteiger partial charge is 0.482 e. The minimum atomic E-state index is -0.0234. The van der Waals surface area contributed by atoms with Crippen molar-refractivity contribution in [2.45, 2.75) is 26.8 Å². The Morgan fingerprint density at radius 1 is 1.15 bits per heavy atom. The van der Waals surface area contributed by atoms with Crippen molar-refractivity contribution >= 4 is 17.6 Å². The summed E-state index contributed by atoms with van der Waals surface area (Å²) in [4.78, 5) is 23.2. The van der Waals surface area contributed by atoms with Gasteiger partial charge in [0, 0.05) is 25.2 Å². The Kier molecular flexibility index (Phi) is 7.24. The highest BCUT2D eigenvalue weighted by Gasteiger charge is 2.24. The number of aliphatic imine (C=N–C) groups is 1. The Labute approximate surface area is 193 Å². The highest BCUT2D eigenvalue weighted by molar-refractivity contribution is 5.97. The number of benzene rings is 2. The summed E-state index contributed by atoms with van der Waals surface area (Å²) in [6, 6.07) is 15.7. The van der Waals surface area contributed by atoms with Crippen LogP contribution in [0.1, 0.15) is 24.6 Å². The number of oxazole rings is 1. The lowest BCUT2D eigenvalue weighted by Crippen LogP contribution is -2.42. The number of nitrogens with zero attached hydrogens (tertiary/aromatic N) is 3. The molecule has 0 saturated heterocycles.